The Labute approximate surface area is 172 Å². The van der Waals surface area contributed by atoms with Crippen LogP contribution in [0.3, 0.4) is 0 Å². The number of rotatable bonds is 7. The van der Waals surface area contributed by atoms with E-state index in [-0.39, 0.29) is 11.5 Å². The number of thioether (sulfide) groups is 1. The minimum absolute atomic E-state index is 0.0390. The maximum atomic E-state index is 11.3. The van der Waals surface area contributed by atoms with Crippen LogP contribution in [-0.4, -0.2) is 36.1 Å². The number of benzene rings is 1. The number of nitrogens with one attached hydrogen (secondary N) is 1. The Kier molecular flexibility index (Phi) is 9.95. The minimum atomic E-state index is -0.435. The molecule has 2 rings (SSSR count). The molecule has 0 fully saturated rings. The molecule has 1 aromatic heterocycles. The molecule has 0 atom stereocenters. The summed E-state index contributed by atoms with van der Waals surface area (Å²) in [5, 5.41) is 14.3. The van der Waals surface area contributed by atoms with Gasteiger partial charge in [-0.25, -0.2) is 4.98 Å². The van der Waals surface area contributed by atoms with E-state index in [1.165, 1.54) is 0 Å². The van der Waals surface area contributed by atoms with Gasteiger partial charge in [0.2, 0.25) is 5.82 Å². The Balaban J connectivity index is 0.00000114. The third kappa shape index (κ3) is 6.59. The number of aromatic nitrogens is 1. The monoisotopic (exact) mass is 457 g/mol. The van der Waals surface area contributed by atoms with Gasteiger partial charge in [0.25, 0.3) is 0 Å². The molecular formula is C18H24BrN3O4S. The van der Waals surface area contributed by atoms with E-state index in [1.807, 2.05) is 31.6 Å². The molecular weight excluding hydrogens is 434 g/mol. The average Bonchev–Trinajstić information content (AvgIpc) is 2.63. The van der Waals surface area contributed by atoms with E-state index in [0.717, 1.165) is 5.56 Å². The van der Waals surface area contributed by atoms with Gasteiger partial charge in [0.1, 0.15) is 0 Å². The molecule has 9 heteroatoms. The summed E-state index contributed by atoms with van der Waals surface area (Å²) >= 11 is 5.01. The van der Waals surface area contributed by atoms with E-state index in [9.17, 15) is 10.1 Å². The molecule has 1 aromatic carbocycles. The second-order valence-corrected chi connectivity index (χ2v) is 7.04. The fourth-order valence-electron chi connectivity index (χ4n) is 2.21. The lowest BCUT2D eigenvalue weighted by molar-refractivity contribution is -0.384. The average molecular weight is 458 g/mol. The number of hydrogen-bond acceptors (Lipinski definition) is 7. The van der Waals surface area contributed by atoms with E-state index < -0.39 is 4.92 Å². The fourth-order valence-corrected chi connectivity index (χ4v) is 2.50. The van der Waals surface area contributed by atoms with Crippen molar-refractivity contribution in [1.82, 2.24) is 4.98 Å². The van der Waals surface area contributed by atoms with E-state index in [1.54, 1.807) is 38.1 Å². The van der Waals surface area contributed by atoms with Crippen molar-refractivity contribution in [2.45, 2.75) is 20.4 Å². The number of hydrogen-bond donors (Lipinski definition) is 1. The second kappa shape index (κ2) is 11.7. The van der Waals surface area contributed by atoms with Crippen LogP contribution >= 0.6 is 27.7 Å². The molecule has 0 aliphatic heterocycles. The van der Waals surface area contributed by atoms with Crippen LogP contribution in [0.25, 0.3) is 0 Å². The van der Waals surface area contributed by atoms with Crippen molar-refractivity contribution in [1.29, 1.82) is 0 Å². The Hall–Kier alpha value is -2.00. The minimum Gasteiger partial charge on any atom is -0.493 e. The summed E-state index contributed by atoms with van der Waals surface area (Å²) in [6, 6.07) is 5.51. The van der Waals surface area contributed by atoms with Gasteiger partial charge in [-0.05, 0) is 60.0 Å². The molecule has 2 aromatic rings. The normalized spacial score (nSPS) is 9.85. The Morgan fingerprint density at radius 2 is 2.00 bits per heavy atom. The van der Waals surface area contributed by atoms with Crippen molar-refractivity contribution in [2.75, 3.05) is 31.5 Å². The van der Waals surface area contributed by atoms with Gasteiger partial charge < -0.3 is 14.8 Å². The van der Waals surface area contributed by atoms with Crippen LogP contribution in [0.1, 0.15) is 18.1 Å². The quantitative estimate of drug-likeness (QED) is 0.459. The summed E-state index contributed by atoms with van der Waals surface area (Å²) < 4.78 is 11.4. The van der Waals surface area contributed by atoms with Crippen LogP contribution in [0, 0.1) is 17.0 Å². The molecule has 1 heterocycles. The first-order valence-electron chi connectivity index (χ1n) is 8.12. The zero-order valence-electron chi connectivity index (χ0n) is 16.0. The third-order valence-corrected chi connectivity index (χ3v) is 4.21. The van der Waals surface area contributed by atoms with Gasteiger partial charge in [0, 0.05) is 22.8 Å². The van der Waals surface area contributed by atoms with Crippen molar-refractivity contribution in [3.63, 3.8) is 0 Å². The van der Waals surface area contributed by atoms with E-state index in [2.05, 4.69) is 26.2 Å². The molecule has 0 radical (unpaired) electrons. The lowest BCUT2D eigenvalue weighted by Gasteiger charge is -2.12. The molecule has 0 amide bonds. The van der Waals surface area contributed by atoms with Crippen LogP contribution in [0.4, 0.5) is 11.5 Å². The number of nitrogens with zero attached hydrogens (tertiary/aromatic N) is 2. The summed E-state index contributed by atoms with van der Waals surface area (Å²) in [4.78, 5) is 15.0. The Morgan fingerprint density at radius 3 is 2.56 bits per heavy atom. The molecule has 0 saturated heterocycles. The molecule has 0 bridgehead atoms. The van der Waals surface area contributed by atoms with Crippen LogP contribution in [-0.2, 0) is 6.54 Å². The Morgan fingerprint density at radius 1 is 1.33 bits per heavy atom. The third-order valence-electron chi connectivity index (χ3n) is 3.42. The van der Waals surface area contributed by atoms with Gasteiger partial charge in [0.15, 0.2) is 11.5 Å². The highest BCUT2D eigenvalue weighted by Crippen LogP contribution is 2.32. The van der Waals surface area contributed by atoms with Crippen LogP contribution < -0.4 is 14.8 Å². The number of pyridine rings is 1. The summed E-state index contributed by atoms with van der Waals surface area (Å²) in [6.07, 6.45) is 5.63. The molecule has 7 nitrogen and oxygen atoms in total. The van der Waals surface area contributed by atoms with E-state index in [0.29, 0.717) is 34.7 Å². The number of anilines is 1. The number of nitro groups is 1. The van der Waals surface area contributed by atoms with Gasteiger partial charge in [-0.1, -0.05) is 6.07 Å². The highest BCUT2D eigenvalue weighted by Gasteiger charge is 2.21. The lowest BCUT2D eigenvalue weighted by atomic mass is 10.2. The highest BCUT2D eigenvalue weighted by atomic mass is 79.9. The van der Waals surface area contributed by atoms with Gasteiger partial charge in [-0.15, -0.1) is 0 Å². The zero-order chi connectivity index (χ0) is 20.4. The van der Waals surface area contributed by atoms with E-state index >= 15 is 0 Å². The maximum absolute atomic E-state index is 11.3. The first kappa shape index (κ1) is 23.0. The summed E-state index contributed by atoms with van der Waals surface area (Å²) in [6.45, 7) is 4.46. The van der Waals surface area contributed by atoms with E-state index in [4.69, 9.17) is 9.47 Å². The van der Waals surface area contributed by atoms with Crippen LogP contribution in [0.5, 0.6) is 11.5 Å². The van der Waals surface area contributed by atoms with Crippen molar-refractivity contribution in [3.05, 3.63) is 50.1 Å². The number of ether oxygens (including phenoxy) is 2. The predicted octanol–water partition coefficient (Wildman–Crippen LogP) is 5.06. The smallest absolute Gasteiger partial charge is 0.315 e. The maximum Gasteiger partial charge on any atom is 0.315 e. The molecule has 0 aliphatic carbocycles. The van der Waals surface area contributed by atoms with Gasteiger partial charge in [-0.2, -0.15) is 11.8 Å². The van der Waals surface area contributed by atoms with Crippen LogP contribution in [0.2, 0.25) is 0 Å². The first-order chi connectivity index (χ1) is 12.9. The molecule has 0 aliphatic rings. The first-order valence-corrected chi connectivity index (χ1v) is 10.5. The molecule has 0 unspecified atom stereocenters. The second-order valence-electron chi connectivity index (χ2n) is 5.37. The van der Waals surface area contributed by atoms with Gasteiger partial charge in [0.05, 0.1) is 18.6 Å². The largest absolute Gasteiger partial charge is 0.493 e. The summed E-state index contributed by atoms with van der Waals surface area (Å²) in [5.41, 5.74) is 1.39. The Bertz CT molecular complexity index is 775. The van der Waals surface area contributed by atoms with Gasteiger partial charge >= 0.3 is 5.69 Å². The summed E-state index contributed by atoms with van der Waals surface area (Å²) in [7, 11) is 1.58. The lowest BCUT2D eigenvalue weighted by Crippen LogP contribution is -2.07. The van der Waals surface area contributed by atoms with Crippen molar-refractivity contribution >= 4 is 39.2 Å². The van der Waals surface area contributed by atoms with Crippen molar-refractivity contribution in [2.24, 2.45) is 0 Å². The summed E-state index contributed by atoms with van der Waals surface area (Å²) in [5.74, 6) is 1.51. The SMILES string of the molecule is CCOc1cc(CNc2ncc(Br)c(C)c2[N+](=O)[O-])ccc1OC.CSC. The zero-order valence-corrected chi connectivity index (χ0v) is 18.4. The highest BCUT2D eigenvalue weighted by molar-refractivity contribution is 9.10. The number of halogens is 1. The molecule has 0 saturated carbocycles. The predicted molar refractivity (Wildman–Crippen MR) is 114 cm³/mol. The van der Waals surface area contributed by atoms with Crippen LogP contribution in [0.15, 0.2) is 28.9 Å². The van der Waals surface area contributed by atoms with Crippen molar-refractivity contribution in [3.8, 4) is 11.5 Å². The fraction of sp³-hybridized carbons (Fsp3) is 0.389. The topological polar surface area (TPSA) is 86.5 Å². The van der Waals surface area contributed by atoms with Crippen molar-refractivity contribution < 1.29 is 14.4 Å². The molecule has 148 valence electrons. The molecule has 1 N–H and O–H groups in total. The molecule has 0 spiro atoms. The standard InChI is InChI=1S/C16H18BrN3O4.C2H6S/c1-4-24-14-7-11(5-6-13(14)23-3)8-18-16-15(20(21)22)10(2)12(17)9-19-16;1-3-2/h5-7,9H,4,8H2,1-3H3,(H,18,19);1-2H3. The number of methoxy groups -OCH3 is 1. The van der Waals surface area contributed by atoms with Gasteiger partial charge in [-0.3, -0.25) is 10.1 Å². The molecule has 27 heavy (non-hydrogen) atoms.